The number of rotatable bonds is 3. The zero-order valence-electron chi connectivity index (χ0n) is 9.81. The maximum Gasteiger partial charge on any atom is 0.231 e. The van der Waals surface area contributed by atoms with Crippen LogP contribution in [0.25, 0.3) is 16.8 Å². The van der Waals surface area contributed by atoms with E-state index in [0.29, 0.717) is 5.92 Å². The van der Waals surface area contributed by atoms with Crippen LogP contribution in [0.3, 0.4) is 0 Å². The Balaban J connectivity index is 1.70. The summed E-state index contributed by atoms with van der Waals surface area (Å²) >= 11 is 13.7. The Morgan fingerprint density at radius 3 is 3.00 bits per heavy atom. The molecule has 1 N–H and O–H groups in total. The van der Waals surface area contributed by atoms with Crippen molar-refractivity contribution < 1.29 is 0 Å². The Morgan fingerprint density at radius 2 is 2.21 bits per heavy atom. The van der Waals surface area contributed by atoms with Crippen molar-refractivity contribution in [3.8, 4) is 0 Å². The third-order valence-electron chi connectivity index (χ3n) is 3.37. The molecule has 2 heterocycles. The van der Waals surface area contributed by atoms with Crippen molar-refractivity contribution in [1.29, 1.82) is 0 Å². The van der Waals surface area contributed by atoms with E-state index in [1.54, 1.807) is 11.8 Å². The van der Waals surface area contributed by atoms with Crippen LogP contribution in [0.2, 0.25) is 0 Å². The smallest absolute Gasteiger partial charge is 0.231 e. The van der Waals surface area contributed by atoms with Gasteiger partial charge in [0.2, 0.25) is 5.78 Å². The molecule has 0 saturated heterocycles. The average Bonchev–Trinajstić information content (AvgIpc) is 2.77. The van der Waals surface area contributed by atoms with Gasteiger partial charge in [-0.05, 0) is 18.6 Å². The number of halogens is 2. The molecule has 4 rings (SSSR count). The summed E-state index contributed by atoms with van der Waals surface area (Å²) in [5.74, 6) is 1.99. The number of nitrogens with one attached hydrogen (secondary N) is 1. The summed E-state index contributed by atoms with van der Waals surface area (Å²) in [6, 6.07) is 8.02. The second kappa shape index (κ2) is 4.04. The van der Waals surface area contributed by atoms with Crippen LogP contribution >= 0.6 is 35.0 Å². The molecule has 1 unspecified atom stereocenters. The first kappa shape index (κ1) is 11.9. The summed E-state index contributed by atoms with van der Waals surface area (Å²) in [6.07, 6.45) is 0.862. The van der Waals surface area contributed by atoms with Gasteiger partial charge in [-0.25, -0.2) is 10.1 Å². The first-order chi connectivity index (χ1) is 9.15. The second-order valence-electron chi connectivity index (χ2n) is 4.74. The number of hydrogen-bond donors (Lipinski definition) is 1. The molecular formula is C12H10Cl2N4S. The lowest BCUT2D eigenvalue weighted by Gasteiger charge is -1.99. The number of nitrogens with zero attached hydrogens (tertiary/aromatic N) is 3. The molecule has 1 aliphatic carbocycles. The minimum Gasteiger partial charge on any atom is -0.254 e. The van der Waals surface area contributed by atoms with Gasteiger partial charge in [-0.2, -0.15) is 0 Å². The normalized spacial score (nSPS) is 21.3. The number of H-pyrrole nitrogens is 1. The van der Waals surface area contributed by atoms with E-state index in [1.807, 2.05) is 28.7 Å². The minimum absolute atomic E-state index is 0.349. The lowest BCUT2D eigenvalue weighted by Crippen LogP contribution is -1.94. The van der Waals surface area contributed by atoms with Gasteiger partial charge in [-0.15, -0.1) is 28.3 Å². The van der Waals surface area contributed by atoms with Crippen LogP contribution in [-0.2, 0) is 0 Å². The fraction of sp³-hybridized carbons (Fsp3) is 0.333. The summed E-state index contributed by atoms with van der Waals surface area (Å²) in [5, 5.41) is 8.17. The third kappa shape index (κ3) is 1.91. The van der Waals surface area contributed by atoms with Crippen molar-refractivity contribution >= 4 is 51.8 Å². The van der Waals surface area contributed by atoms with E-state index >= 15 is 0 Å². The van der Waals surface area contributed by atoms with E-state index in [4.69, 9.17) is 23.2 Å². The standard InChI is InChI=1S/C12H10Cl2N4S/c13-12(14)5-7(12)6-19-11-17-16-10-15-8-3-1-2-4-9(8)18(10)11/h1-4,7H,5-6H2,(H,15,16). The van der Waals surface area contributed by atoms with E-state index in [-0.39, 0.29) is 0 Å². The van der Waals surface area contributed by atoms with Gasteiger partial charge >= 0.3 is 0 Å². The molecule has 98 valence electrons. The molecule has 4 nitrogen and oxygen atoms in total. The van der Waals surface area contributed by atoms with E-state index < -0.39 is 4.33 Å². The van der Waals surface area contributed by atoms with Gasteiger partial charge in [0.25, 0.3) is 0 Å². The number of aromatic amines is 1. The van der Waals surface area contributed by atoms with Gasteiger partial charge in [-0.1, -0.05) is 23.9 Å². The van der Waals surface area contributed by atoms with Crippen LogP contribution in [0.5, 0.6) is 0 Å². The Hall–Kier alpha value is -0.910. The first-order valence-electron chi connectivity index (χ1n) is 5.97. The molecule has 0 aliphatic heterocycles. The predicted octanol–water partition coefficient (Wildman–Crippen LogP) is 3.50. The summed E-state index contributed by atoms with van der Waals surface area (Å²) in [5.41, 5.74) is 2.03. The number of alkyl halides is 2. The summed E-state index contributed by atoms with van der Waals surface area (Å²) in [4.78, 5) is 4.49. The van der Waals surface area contributed by atoms with Crippen LogP contribution in [0.1, 0.15) is 6.42 Å². The van der Waals surface area contributed by atoms with E-state index in [9.17, 15) is 0 Å². The number of hydrogen-bond acceptors (Lipinski definition) is 3. The second-order valence-corrected chi connectivity index (χ2v) is 7.27. The van der Waals surface area contributed by atoms with Gasteiger partial charge in [0.1, 0.15) is 4.33 Å². The fourth-order valence-corrected chi connectivity index (χ4v) is 4.05. The lowest BCUT2D eigenvalue weighted by molar-refractivity contribution is 0.922. The van der Waals surface area contributed by atoms with E-state index in [2.05, 4.69) is 15.2 Å². The molecule has 0 spiro atoms. The molecule has 0 radical (unpaired) electrons. The molecule has 1 atom stereocenters. The Kier molecular flexibility index (Phi) is 2.53. The van der Waals surface area contributed by atoms with Crippen molar-refractivity contribution in [3.05, 3.63) is 24.3 Å². The van der Waals surface area contributed by atoms with E-state index in [1.165, 1.54) is 0 Å². The molecule has 1 saturated carbocycles. The molecule has 0 amide bonds. The summed E-state index contributed by atoms with van der Waals surface area (Å²) in [6.45, 7) is 0. The van der Waals surface area contributed by atoms with Crippen molar-refractivity contribution in [2.75, 3.05) is 5.75 Å². The number of benzene rings is 1. The average molecular weight is 313 g/mol. The Labute approximate surface area is 123 Å². The van der Waals surface area contributed by atoms with E-state index in [0.717, 1.165) is 34.1 Å². The van der Waals surface area contributed by atoms with Crippen molar-refractivity contribution in [2.24, 2.45) is 5.92 Å². The largest absolute Gasteiger partial charge is 0.254 e. The number of thioether (sulfide) groups is 1. The highest BCUT2D eigenvalue weighted by Crippen LogP contribution is 2.54. The Morgan fingerprint density at radius 1 is 1.42 bits per heavy atom. The van der Waals surface area contributed by atoms with Crippen LogP contribution < -0.4 is 0 Å². The highest BCUT2D eigenvalue weighted by Gasteiger charge is 2.51. The van der Waals surface area contributed by atoms with Crippen LogP contribution in [0.4, 0.5) is 0 Å². The number of imidazole rings is 1. The van der Waals surface area contributed by atoms with Crippen molar-refractivity contribution in [3.63, 3.8) is 0 Å². The molecular weight excluding hydrogens is 303 g/mol. The number of para-hydroxylation sites is 2. The minimum atomic E-state index is -0.528. The fourth-order valence-electron chi connectivity index (χ4n) is 2.16. The summed E-state index contributed by atoms with van der Waals surface area (Å²) in [7, 11) is 0. The van der Waals surface area contributed by atoms with Gasteiger partial charge in [0.15, 0.2) is 5.16 Å². The van der Waals surface area contributed by atoms with Crippen LogP contribution in [0.15, 0.2) is 29.4 Å². The van der Waals surface area contributed by atoms with Gasteiger partial charge in [-0.3, -0.25) is 4.40 Å². The quantitative estimate of drug-likeness (QED) is 0.595. The van der Waals surface area contributed by atoms with Gasteiger partial charge < -0.3 is 0 Å². The lowest BCUT2D eigenvalue weighted by atomic mass is 10.3. The third-order valence-corrected chi connectivity index (χ3v) is 5.40. The molecule has 1 aliphatic rings. The maximum absolute atomic E-state index is 6.04. The molecule has 0 bridgehead atoms. The highest BCUT2D eigenvalue weighted by atomic mass is 35.5. The topological polar surface area (TPSA) is 46.0 Å². The molecule has 2 aromatic heterocycles. The predicted molar refractivity (Wildman–Crippen MR) is 78.1 cm³/mol. The van der Waals surface area contributed by atoms with Crippen molar-refractivity contribution in [1.82, 2.24) is 19.6 Å². The Bertz CT molecular complexity index is 763. The molecule has 1 aromatic carbocycles. The molecule has 19 heavy (non-hydrogen) atoms. The SMILES string of the molecule is ClC1(Cl)CC1CSc1n[nH]c2nc3ccccc3n12. The van der Waals surface area contributed by atoms with Crippen LogP contribution in [0, 0.1) is 5.92 Å². The molecule has 1 fully saturated rings. The zero-order chi connectivity index (χ0) is 13.0. The number of aromatic nitrogens is 4. The monoisotopic (exact) mass is 312 g/mol. The van der Waals surface area contributed by atoms with Crippen LogP contribution in [-0.4, -0.2) is 29.7 Å². The zero-order valence-corrected chi connectivity index (χ0v) is 12.1. The number of fused-ring (bicyclic) bond motifs is 3. The molecule has 7 heteroatoms. The highest BCUT2D eigenvalue weighted by molar-refractivity contribution is 7.99. The first-order valence-corrected chi connectivity index (χ1v) is 7.71. The van der Waals surface area contributed by atoms with Gasteiger partial charge in [0, 0.05) is 11.7 Å². The molecule has 3 aromatic rings. The van der Waals surface area contributed by atoms with Gasteiger partial charge in [0.05, 0.1) is 11.0 Å². The summed E-state index contributed by atoms with van der Waals surface area (Å²) < 4.78 is 1.51. The van der Waals surface area contributed by atoms with Crippen molar-refractivity contribution in [2.45, 2.75) is 15.9 Å². The maximum atomic E-state index is 6.04.